The van der Waals surface area contributed by atoms with Crippen LogP contribution in [0.25, 0.3) is 0 Å². The van der Waals surface area contributed by atoms with Crippen molar-refractivity contribution >= 4 is 11.3 Å². The minimum absolute atomic E-state index is 0.435. The van der Waals surface area contributed by atoms with E-state index in [2.05, 4.69) is 19.9 Å². The highest BCUT2D eigenvalue weighted by Crippen LogP contribution is 2.30. The van der Waals surface area contributed by atoms with Gasteiger partial charge in [0.25, 0.3) is 0 Å². The zero-order valence-corrected chi connectivity index (χ0v) is 10.4. The Labute approximate surface area is 100 Å². The molecule has 1 atom stereocenters. The van der Waals surface area contributed by atoms with Crippen LogP contribution in [0.4, 0.5) is 0 Å². The summed E-state index contributed by atoms with van der Waals surface area (Å²) in [6.45, 7) is 4.30. The topological polar surface area (TPSA) is 20.2 Å². The van der Waals surface area contributed by atoms with Crippen molar-refractivity contribution in [3.05, 3.63) is 57.8 Å². The Hall–Kier alpha value is -1.12. The Balaban J connectivity index is 2.40. The van der Waals surface area contributed by atoms with Crippen LogP contribution in [0.5, 0.6) is 0 Å². The van der Waals surface area contributed by atoms with Crippen LogP contribution in [-0.4, -0.2) is 5.11 Å². The molecule has 0 aliphatic rings. The summed E-state index contributed by atoms with van der Waals surface area (Å²) in [6.07, 6.45) is -0.496. The van der Waals surface area contributed by atoms with Crippen LogP contribution in [0, 0.1) is 0 Å². The number of benzene rings is 1. The lowest BCUT2D eigenvalue weighted by molar-refractivity contribution is 0.219. The van der Waals surface area contributed by atoms with Gasteiger partial charge in [-0.25, -0.2) is 0 Å². The highest BCUT2D eigenvalue weighted by atomic mass is 32.1. The van der Waals surface area contributed by atoms with Gasteiger partial charge in [-0.2, -0.15) is 11.3 Å². The van der Waals surface area contributed by atoms with Crippen LogP contribution in [-0.2, 0) is 0 Å². The summed E-state index contributed by atoms with van der Waals surface area (Å²) in [5.41, 5.74) is 3.23. The van der Waals surface area contributed by atoms with Crippen LogP contribution in [0.1, 0.15) is 42.6 Å². The molecule has 2 rings (SSSR count). The third-order valence-electron chi connectivity index (χ3n) is 2.77. The summed E-state index contributed by atoms with van der Waals surface area (Å²) in [6, 6.07) is 10.1. The van der Waals surface area contributed by atoms with E-state index in [9.17, 15) is 5.11 Å². The molecule has 16 heavy (non-hydrogen) atoms. The van der Waals surface area contributed by atoms with Crippen molar-refractivity contribution in [3.8, 4) is 0 Å². The predicted octanol–water partition coefficient (Wildman–Crippen LogP) is 3.95. The fourth-order valence-corrected chi connectivity index (χ4v) is 2.57. The van der Waals surface area contributed by atoms with Crippen LogP contribution >= 0.6 is 11.3 Å². The van der Waals surface area contributed by atoms with Gasteiger partial charge in [-0.3, -0.25) is 0 Å². The second-order valence-corrected chi connectivity index (χ2v) is 5.02. The molecule has 0 spiro atoms. The van der Waals surface area contributed by atoms with Crippen LogP contribution < -0.4 is 0 Å². The van der Waals surface area contributed by atoms with Crippen molar-refractivity contribution in [1.29, 1.82) is 0 Å². The Morgan fingerprint density at radius 3 is 2.31 bits per heavy atom. The highest BCUT2D eigenvalue weighted by Gasteiger charge is 2.15. The van der Waals surface area contributed by atoms with Gasteiger partial charge in [-0.05, 0) is 39.4 Å². The van der Waals surface area contributed by atoms with E-state index in [1.54, 1.807) is 11.3 Å². The number of aliphatic hydroxyl groups is 1. The molecule has 0 saturated heterocycles. The first-order chi connectivity index (χ1) is 7.70. The lowest BCUT2D eigenvalue weighted by Crippen LogP contribution is -2.03. The summed E-state index contributed by atoms with van der Waals surface area (Å²) in [5.74, 6) is 0.435. The second kappa shape index (κ2) is 4.81. The molecule has 0 unspecified atom stereocenters. The van der Waals surface area contributed by atoms with E-state index in [1.165, 1.54) is 5.56 Å². The van der Waals surface area contributed by atoms with Gasteiger partial charge >= 0.3 is 0 Å². The molecule has 1 nitrogen and oxygen atoms in total. The summed E-state index contributed by atoms with van der Waals surface area (Å²) in [5, 5.41) is 14.3. The third kappa shape index (κ3) is 2.18. The first-order valence-electron chi connectivity index (χ1n) is 5.49. The van der Waals surface area contributed by atoms with Gasteiger partial charge in [-0.15, -0.1) is 0 Å². The van der Waals surface area contributed by atoms with Gasteiger partial charge in [0.2, 0.25) is 0 Å². The average molecular weight is 232 g/mol. The molecule has 0 bridgehead atoms. The van der Waals surface area contributed by atoms with Gasteiger partial charge in [0.15, 0.2) is 0 Å². The van der Waals surface area contributed by atoms with Crippen molar-refractivity contribution in [2.75, 3.05) is 0 Å². The molecule has 0 aliphatic heterocycles. The number of hydrogen-bond acceptors (Lipinski definition) is 2. The van der Waals surface area contributed by atoms with Crippen LogP contribution in [0.3, 0.4) is 0 Å². The lowest BCUT2D eigenvalue weighted by Gasteiger charge is -2.17. The Bertz CT molecular complexity index is 446. The number of hydrogen-bond donors (Lipinski definition) is 1. The van der Waals surface area contributed by atoms with Gasteiger partial charge in [0, 0.05) is 0 Å². The SMILES string of the molecule is CC(C)c1ccccc1[C@@H](O)c1ccsc1. The minimum Gasteiger partial charge on any atom is -0.384 e. The first-order valence-corrected chi connectivity index (χ1v) is 6.43. The zero-order valence-electron chi connectivity index (χ0n) is 9.55. The van der Waals surface area contributed by atoms with E-state index in [0.717, 1.165) is 11.1 Å². The van der Waals surface area contributed by atoms with Crippen molar-refractivity contribution in [2.24, 2.45) is 0 Å². The molecule has 0 aliphatic carbocycles. The maximum absolute atomic E-state index is 10.3. The second-order valence-electron chi connectivity index (χ2n) is 4.24. The maximum atomic E-state index is 10.3. The molecule has 1 aromatic heterocycles. The van der Waals surface area contributed by atoms with E-state index >= 15 is 0 Å². The van der Waals surface area contributed by atoms with Crippen molar-refractivity contribution in [1.82, 2.24) is 0 Å². The van der Waals surface area contributed by atoms with E-state index in [-0.39, 0.29) is 0 Å². The molecule has 2 heteroatoms. The van der Waals surface area contributed by atoms with Gasteiger partial charge in [-0.1, -0.05) is 38.1 Å². The molecule has 1 heterocycles. The number of rotatable bonds is 3. The number of thiophene rings is 1. The molecule has 84 valence electrons. The van der Waals surface area contributed by atoms with Crippen molar-refractivity contribution in [3.63, 3.8) is 0 Å². The van der Waals surface area contributed by atoms with Crippen LogP contribution in [0.15, 0.2) is 41.1 Å². The normalized spacial score (nSPS) is 13.0. The first kappa shape index (κ1) is 11.4. The molecule has 0 radical (unpaired) electrons. The average Bonchev–Trinajstić information content (AvgIpc) is 2.81. The zero-order chi connectivity index (χ0) is 11.5. The molecule has 0 amide bonds. The largest absolute Gasteiger partial charge is 0.384 e. The van der Waals surface area contributed by atoms with Crippen molar-refractivity contribution < 1.29 is 5.11 Å². The van der Waals surface area contributed by atoms with E-state index < -0.39 is 6.10 Å². The Kier molecular flexibility index (Phi) is 3.42. The molecule has 1 aromatic carbocycles. The summed E-state index contributed by atoms with van der Waals surface area (Å²) < 4.78 is 0. The van der Waals surface area contributed by atoms with E-state index in [4.69, 9.17) is 0 Å². The standard InChI is InChI=1S/C14H16OS/c1-10(2)12-5-3-4-6-13(12)14(15)11-7-8-16-9-11/h3-10,14-15H,1-2H3/t14-/m0/s1. The number of aliphatic hydroxyl groups excluding tert-OH is 1. The lowest BCUT2D eigenvalue weighted by atomic mass is 9.92. The smallest absolute Gasteiger partial charge is 0.105 e. The summed E-state index contributed by atoms with van der Waals surface area (Å²) in [7, 11) is 0. The van der Waals surface area contributed by atoms with Crippen molar-refractivity contribution in [2.45, 2.75) is 25.9 Å². The Morgan fingerprint density at radius 1 is 1.06 bits per heavy atom. The summed E-state index contributed by atoms with van der Waals surface area (Å²) >= 11 is 1.62. The van der Waals surface area contributed by atoms with Gasteiger partial charge in [0.05, 0.1) is 0 Å². The van der Waals surface area contributed by atoms with Crippen LogP contribution in [0.2, 0.25) is 0 Å². The predicted molar refractivity (Wildman–Crippen MR) is 68.9 cm³/mol. The quantitative estimate of drug-likeness (QED) is 0.849. The fraction of sp³-hybridized carbons (Fsp3) is 0.286. The molecule has 1 N–H and O–H groups in total. The molecular weight excluding hydrogens is 216 g/mol. The minimum atomic E-state index is -0.496. The molecular formula is C14H16OS. The molecule has 0 fully saturated rings. The molecule has 0 saturated carbocycles. The van der Waals surface area contributed by atoms with E-state index in [1.807, 2.05) is 35.0 Å². The van der Waals surface area contributed by atoms with Gasteiger partial charge < -0.3 is 5.11 Å². The highest BCUT2D eigenvalue weighted by molar-refractivity contribution is 7.07. The maximum Gasteiger partial charge on any atom is 0.105 e. The molecule has 2 aromatic rings. The van der Waals surface area contributed by atoms with E-state index in [0.29, 0.717) is 5.92 Å². The fourth-order valence-electron chi connectivity index (χ4n) is 1.90. The van der Waals surface area contributed by atoms with Gasteiger partial charge in [0.1, 0.15) is 6.10 Å². The summed E-state index contributed by atoms with van der Waals surface area (Å²) in [4.78, 5) is 0. The third-order valence-corrected chi connectivity index (χ3v) is 3.47. The monoisotopic (exact) mass is 232 g/mol. The Morgan fingerprint density at radius 2 is 1.75 bits per heavy atom.